The molecule has 0 aliphatic heterocycles. The Morgan fingerprint density at radius 1 is 1.27 bits per heavy atom. The minimum Gasteiger partial charge on any atom is -0.455 e. The standard InChI is InChI=1S/C18H12BrN3O4/c1-10-11(2)25-18(15(10)8-20)21-9-13-4-6-17(26-13)14-5-3-12(19)7-16(14)22(23)24/h3-7,9H,1-2H3. The molecule has 0 amide bonds. The normalized spacial score (nSPS) is 11.0. The van der Waals surface area contributed by atoms with Gasteiger partial charge >= 0.3 is 0 Å². The maximum absolute atomic E-state index is 11.2. The molecule has 7 nitrogen and oxygen atoms in total. The van der Waals surface area contributed by atoms with Crippen molar-refractivity contribution in [1.29, 1.82) is 5.26 Å². The second kappa shape index (κ2) is 6.98. The van der Waals surface area contributed by atoms with Crippen molar-refractivity contribution in [2.45, 2.75) is 13.8 Å². The molecule has 0 unspecified atom stereocenters. The summed E-state index contributed by atoms with van der Waals surface area (Å²) in [5.74, 6) is 1.56. The highest BCUT2D eigenvalue weighted by molar-refractivity contribution is 9.10. The van der Waals surface area contributed by atoms with Crippen LogP contribution in [-0.4, -0.2) is 11.1 Å². The topological polar surface area (TPSA) is 106 Å². The first-order valence-electron chi connectivity index (χ1n) is 7.49. The van der Waals surface area contributed by atoms with Crippen LogP contribution in [0.4, 0.5) is 11.6 Å². The number of hydrogen-bond acceptors (Lipinski definition) is 6. The fourth-order valence-electron chi connectivity index (χ4n) is 2.39. The molecule has 3 aromatic rings. The molecule has 2 heterocycles. The van der Waals surface area contributed by atoms with Crippen LogP contribution in [0.1, 0.15) is 22.6 Å². The Labute approximate surface area is 156 Å². The lowest BCUT2D eigenvalue weighted by Gasteiger charge is -2.00. The van der Waals surface area contributed by atoms with E-state index in [0.29, 0.717) is 32.9 Å². The third kappa shape index (κ3) is 3.30. The van der Waals surface area contributed by atoms with Gasteiger partial charge in [-0.1, -0.05) is 15.9 Å². The van der Waals surface area contributed by atoms with Crippen molar-refractivity contribution in [2.75, 3.05) is 0 Å². The molecule has 0 radical (unpaired) electrons. The number of rotatable bonds is 4. The minimum absolute atomic E-state index is 0.0683. The molecule has 0 spiro atoms. The number of aliphatic imine (C=N–C) groups is 1. The molecule has 0 aliphatic carbocycles. The van der Waals surface area contributed by atoms with E-state index in [-0.39, 0.29) is 11.6 Å². The van der Waals surface area contributed by atoms with Crippen LogP contribution >= 0.6 is 15.9 Å². The number of nitriles is 1. The Kier molecular flexibility index (Phi) is 4.73. The van der Waals surface area contributed by atoms with Gasteiger partial charge in [0.15, 0.2) is 0 Å². The van der Waals surface area contributed by atoms with Crippen LogP contribution in [0.15, 0.2) is 48.6 Å². The Hall–Kier alpha value is -3.18. The van der Waals surface area contributed by atoms with Crippen molar-refractivity contribution in [1.82, 2.24) is 0 Å². The van der Waals surface area contributed by atoms with Crippen molar-refractivity contribution < 1.29 is 13.8 Å². The van der Waals surface area contributed by atoms with Gasteiger partial charge in [-0.25, -0.2) is 4.99 Å². The molecular weight excluding hydrogens is 402 g/mol. The first kappa shape index (κ1) is 17.6. The van der Waals surface area contributed by atoms with Crippen molar-refractivity contribution >= 4 is 33.7 Å². The molecule has 0 atom stereocenters. The summed E-state index contributed by atoms with van der Waals surface area (Å²) in [6, 6.07) is 10.0. The van der Waals surface area contributed by atoms with Crippen molar-refractivity contribution in [2.24, 2.45) is 4.99 Å². The SMILES string of the molecule is Cc1oc(N=Cc2ccc(-c3ccc(Br)cc3[N+](=O)[O-])o2)c(C#N)c1C. The Balaban J connectivity index is 1.94. The molecule has 130 valence electrons. The van der Waals surface area contributed by atoms with E-state index >= 15 is 0 Å². The fourth-order valence-corrected chi connectivity index (χ4v) is 2.73. The summed E-state index contributed by atoms with van der Waals surface area (Å²) in [5.41, 5.74) is 1.40. The van der Waals surface area contributed by atoms with Gasteiger partial charge in [0, 0.05) is 16.1 Å². The number of halogens is 1. The smallest absolute Gasteiger partial charge is 0.281 e. The average Bonchev–Trinajstić information content (AvgIpc) is 3.18. The molecule has 0 aliphatic rings. The maximum atomic E-state index is 11.2. The second-order valence-corrected chi connectivity index (χ2v) is 6.37. The Morgan fingerprint density at radius 3 is 2.73 bits per heavy atom. The number of aryl methyl sites for hydroxylation is 1. The molecule has 0 fully saturated rings. The van der Waals surface area contributed by atoms with E-state index in [9.17, 15) is 15.4 Å². The molecule has 3 rings (SSSR count). The van der Waals surface area contributed by atoms with E-state index in [1.54, 1.807) is 38.1 Å². The summed E-state index contributed by atoms with van der Waals surface area (Å²) in [6.07, 6.45) is 1.41. The van der Waals surface area contributed by atoms with Crippen LogP contribution in [0.2, 0.25) is 0 Å². The number of nitro groups is 1. The molecule has 0 saturated carbocycles. The van der Waals surface area contributed by atoms with Crippen LogP contribution < -0.4 is 0 Å². The Morgan fingerprint density at radius 2 is 2.04 bits per heavy atom. The Bertz CT molecular complexity index is 1070. The molecular formula is C18H12BrN3O4. The summed E-state index contributed by atoms with van der Waals surface area (Å²) in [7, 11) is 0. The van der Waals surface area contributed by atoms with E-state index in [1.165, 1.54) is 12.3 Å². The summed E-state index contributed by atoms with van der Waals surface area (Å²) >= 11 is 3.22. The first-order chi connectivity index (χ1) is 12.4. The lowest BCUT2D eigenvalue weighted by atomic mass is 10.1. The number of nitro benzene ring substituents is 1. The number of furan rings is 2. The van der Waals surface area contributed by atoms with Crippen molar-refractivity contribution in [3.63, 3.8) is 0 Å². The molecule has 26 heavy (non-hydrogen) atoms. The molecule has 8 heteroatoms. The number of nitrogens with zero attached hydrogens (tertiary/aromatic N) is 3. The predicted octanol–water partition coefficient (Wildman–Crippen LogP) is 5.45. The van der Waals surface area contributed by atoms with Gasteiger partial charge in [-0.3, -0.25) is 10.1 Å². The van der Waals surface area contributed by atoms with Crippen LogP contribution in [-0.2, 0) is 0 Å². The van der Waals surface area contributed by atoms with Gasteiger partial charge in [-0.15, -0.1) is 0 Å². The third-order valence-corrected chi connectivity index (χ3v) is 4.33. The van der Waals surface area contributed by atoms with Gasteiger partial charge in [-0.05, 0) is 38.1 Å². The summed E-state index contributed by atoms with van der Waals surface area (Å²) in [6.45, 7) is 3.54. The van der Waals surface area contributed by atoms with Gasteiger partial charge in [0.05, 0.1) is 16.7 Å². The molecule has 1 aromatic carbocycles. The minimum atomic E-state index is -0.468. The fraction of sp³-hybridized carbons (Fsp3) is 0.111. The lowest BCUT2D eigenvalue weighted by molar-refractivity contribution is -0.384. The molecule has 0 saturated heterocycles. The largest absolute Gasteiger partial charge is 0.455 e. The monoisotopic (exact) mass is 413 g/mol. The number of benzene rings is 1. The first-order valence-corrected chi connectivity index (χ1v) is 8.28. The van der Waals surface area contributed by atoms with E-state index in [0.717, 1.165) is 5.56 Å². The van der Waals surface area contributed by atoms with Crippen LogP contribution in [0.5, 0.6) is 0 Å². The summed E-state index contributed by atoms with van der Waals surface area (Å²) in [4.78, 5) is 14.9. The van der Waals surface area contributed by atoms with E-state index in [2.05, 4.69) is 27.0 Å². The summed E-state index contributed by atoms with van der Waals surface area (Å²) < 4.78 is 11.7. The van der Waals surface area contributed by atoms with Crippen molar-refractivity contribution in [3.05, 3.63) is 67.6 Å². The quantitative estimate of drug-likeness (QED) is 0.321. The van der Waals surface area contributed by atoms with E-state index in [4.69, 9.17) is 8.83 Å². The van der Waals surface area contributed by atoms with Gasteiger partial charge < -0.3 is 8.83 Å². The molecule has 0 N–H and O–H groups in total. The average molecular weight is 414 g/mol. The third-order valence-electron chi connectivity index (χ3n) is 3.84. The highest BCUT2D eigenvalue weighted by atomic mass is 79.9. The van der Waals surface area contributed by atoms with Crippen LogP contribution in [0.3, 0.4) is 0 Å². The second-order valence-electron chi connectivity index (χ2n) is 5.45. The zero-order chi connectivity index (χ0) is 18.8. The zero-order valence-corrected chi connectivity index (χ0v) is 15.4. The highest BCUT2D eigenvalue weighted by Crippen LogP contribution is 2.33. The van der Waals surface area contributed by atoms with Gasteiger partial charge in [0.25, 0.3) is 5.69 Å². The van der Waals surface area contributed by atoms with Crippen LogP contribution in [0.25, 0.3) is 11.3 Å². The number of hydrogen-bond donors (Lipinski definition) is 0. The maximum Gasteiger partial charge on any atom is 0.281 e. The zero-order valence-electron chi connectivity index (χ0n) is 13.8. The van der Waals surface area contributed by atoms with Gasteiger partial charge in [0.1, 0.15) is 28.9 Å². The van der Waals surface area contributed by atoms with Gasteiger partial charge in [0.2, 0.25) is 5.88 Å². The lowest BCUT2D eigenvalue weighted by Crippen LogP contribution is -1.91. The van der Waals surface area contributed by atoms with Crippen molar-refractivity contribution in [3.8, 4) is 17.4 Å². The molecule has 0 bridgehead atoms. The van der Waals surface area contributed by atoms with Crippen LogP contribution in [0, 0.1) is 35.3 Å². The van der Waals surface area contributed by atoms with E-state index in [1.807, 2.05) is 0 Å². The summed E-state index contributed by atoms with van der Waals surface area (Å²) in [5, 5.41) is 20.4. The predicted molar refractivity (Wildman–Crippen MR) is 98.6 cm³/mol. The highest BCUT2D eigenvalue weighted by Gasteiger charge is 2.18. The molecule has 2 aromatic heterocycles. The van der Waals surface area contributed by atoms with Gasteiger partial charge in [-0.2, -0.15) is 5.26 Å². The van der Waals surface area contributed by atoms with E-state index < -0.39 is 4.92 Å².